The number of nitrogens with zero attached hydrogens (tertiary/aromatic N) is 2. The Morgan fingerprint density at radius 3 is 2.42 bits per heavy atom. The molecule has 0 aliphatic rings. The second-order valence-corrected chi connectivity index (χ2v) is 11.2. The number of nitrogens with one attached hydrogen (secondary N) is 4. The predicted molar refractivity (Wildman–Crippen MR) is 165 cm³/mol. The molecule has 4 N–H and O–H groups in total. The van der Waals surface area contributed by atoms with Crippen molar-refractivity contribution in [3.8, 4) is 0 Å². The summed E-state index contributed by atoms with van der Waals surface area (Å²) in [7, 11) is 0. The molecular weight excluding hydrogens is 568 g/mol. The smallest absolute Gasteiger partial charge is 0.436 e. The van der Waals surface area contributed by atoms with Crippen molar-refractivity contribution in [2.45, 2.75) is 32.7 Å². The van der Waals surface area contributed by atoms with E-state index in [9.17, 15) is 19.2 Å². The average Bonchev–Trinajstić information content (AvgIpc) is 3.75. The minimum absolute atomic E-state index is 0.0674. The van der Waals surface area contributed by atoms with Gasteiger partial charge in [0, 0.05) is 12.4 Å². The first kappa shape index (κ1) is 29.3. The van der Waals surface area contributed by atoms with Crippen LogP contribution in [0.2, 0.25) is 0 Å². The standard InChI is InChI=1S/C31H30N6O5S/c1-4-16-42-30(41)37-29-22(17-24(43-29)28(40)35-31(2,3)20-10-6-5-7-11-20)25(36-37)34-27(39)21-12-8-9-13-23(21)33-26(38)19-14-15-32-18-19/h5-15,17-18,32H,4,16H2,1-3H3,(H,33,38)(H,35,40)(H,34,36,39). The van der Waals surface area contributed by atoms with Crippen LogP contribution in [-0.2, 0) is 10.3 Å². The second-order valence-electron chi connectivity index (χ2n) is 10.2. The molecule has 11 nitrogen and oxygen atoms in total. The van der Waals surface area contributed by atoms with E-state index < -0.39 is 23.4 Å². The Morgan fingerprint density at radius 1 is 0.953 bits per heavy atom. The summed E-state index contributed by atoms with van der Waals surface area (Å²) < 4.78 is 6.35. The van der Waals surface area contributed by atoms with Crippen LogP contribution < -0.4 is 16.0 Å². The van der Waals surface area contributed by atoms with Crippen LogP contribution in [0, 0.1) is 0 Å². The maximum atomic E-state index is 13.5. The van der Waals surface area contributed by atoms with Gasteiger partial charge in [0.05, 0.1) is 39.2 Å². The van der Waals surface area contributed by atoms with Crippen molar-refractivity contribution in [1.29, 1.82) is 0 Å². The van der Waals surface area contributed by atoms with Gasteiger partial charge in [-0.15, -0.1) is 16.4 Å². The molecule has 3 aromatic heterocycles. The Kier molecular flexibility index (Phi) is 8.39. The maximum absolute atomic E-state index is 13.5. The zero-order valence-corrected chi connectivity index (χ0v) is 24.6. The monoisotopic (exact) mass is 598 g/mol. The van der Waals surface area contributed by atoms with E-state index in [4.69, 9.17) is 4.74 Å². The highest BCUT2D eigenvalue weighted by molar-refractivity contribution is 7.20. The number of hydrogen-bond donors (Lipinski definition) is 4. The third-order valence-electron chi connectivity index (χ3n) is 6.62. The van der Waals surface area contributed by atoms with E-state index in [0.717, 1.165) is 21.6 Å². The molecule has 0 radical (unpaired) electrons. The number of benzene rings is 2. The number of aromatic nitrogens is 3. The van der Waals surface area contributed by atoms with E-state index in [0.29, 0.717) is 27.1 Å². The number of anilines is 2. The lowest BCUT2D eigenvalue weighted by Gasteiger charge is -2.26. The number of carbonyl (C=O) groups is 4. The van der Waals surface area contributed by atoms with Crippen LogP contribution in [0.4, 0.5) is 16.3 Å². The Hall–Kier alpha value is -5.23. The van der Waals surface area contributed by atoms with E-state index >= 15 is 0 Å². The van der Waals surface area contributed by atoms with E-state index in [2.05, 4.69) is 26.0 Å². The van der Waals surface area contributed by atoms with Crippen LogP contribution in [0.25, 0.3) is 10.2 Å². The minimum Gasteiger partial charge on any atom is -0.448 e. The van der Waals surface area contributed by atoms with Gasteiger partial charge in [-0.05, 0) is 50.1 Å². The number of aromatic amines is 1. The summed E-state index contributed by atoms with van der Waals surface area (Å²) in [6.45, 7) is 5.84. The summed E-state index contributed by atoms with van der Waals surface area (Å²) in [6, 6.07) is 19.3. The molecule has 3 heterocycles. The highest BCUT2D eigenvalue weighted by Crippen LogP contribution is 2.33. The van der Waals surface area contributed by atoms with E-state index in [1.807, 2.05) is 51.1 Å². The second kappa shape index (κ2) is 12.3. The summed E-state index contributed by atoms with van der Waals surface area (Å²) in [5.41, 5.74) is 1.12. The summed E-state index contributed by atoms with van der Waals surface area (Å²) in [4.78, 5) is 55.9. The van der Waals surface area contributed by atoms with Gasteiger partial charge in [0.15, 0.2) is 5.82 Å². The normalized spacial score (nSPS) is 11.2. The molecule has 2 aromatic carbocycles. The SMILES string of the molecule is CCCOC(=O)n1nc(NC(=O)c2ccccc2NC(=O)c2cc[nH]c2)c2cc(C(=O)NC(C)(C)c3ccccc3)sc21. The molecule has 0 atom stereocenters. The summed E-state index contributed by atoms with van der Waals surface area (Å²) in [6.07, 6.45) is 3.05. The molecule has 0 spiro atoms. The molecule has 0 aliphatic carbocycles. The molecule has 220 valence electrons. The van der Waals surface area contributed by atoms with Crippen LogP contribution in [-0.4, -0.2) is 45.2 Å². The first-order valence-corrected chi connectivity index (χ1v) is 14.4. The van der Waals surface area contributed by atoms with Gasteiger partial charge in [-0.2, -0.15) is 4.68 Å². The number of fused-ring (bicyclic) bond motifs is 1. The predicted octanol–water partition coefficient (Wildman–Crippen LogP) is 5.99. The number of thiophene rings is 1. The average molecular weight is 599 g/mol. The van der Waals surface area contributed by atoms with Crippen LogP contribution >= 0.6 is 11.3 Å². The molecule has 0 unspecified atom stereocenters. The van der Waals surface area contributed by atoms with Gasteiger partial charge in [-0.25, -0.2) is 4.79 Å². The molecule has 43 heavy (non-hydrogen) atoms. The lowest BCUT2D eigenvalue weighted by molar-refractivity contribution is 0.0915. The Labute approximate surface area is 251 Å². The van der Waals surface area contributed by atoms with Crippen molar-refractivity contribution in [2.75, 3.05) is 17.2 Å². The minimum atomic E-state index is -0.732. The summed E-state index contributed by atoms with van der Waals surface area (Å²) >= 11 is 1.06. The number of amides is 3. The Bertz CT molecular complexity index is 1790. The van der Waals surface area contributed by atoms with Gasteiger partial charge in [0.25, 0.3) is 17.7 Å². The fourth-order valence-electron chi connectivity index (χ4n) is 4.38. The lowest BCUT2D eigenvalue weighted by atomic mass is 9.94. The Balaban J connectivity index is 1.45. The Morgan fingerprint density at radius 2 is 1.70 bits per heavy atom. The lowest BCUT2D eigenvalue weighted by Crippen LogP contribution is -2.40. The molecule has 3 amide bonds. The molecular formula is C31H30N6O5S. The summed E-state index contributed by atoms with van der Waals surface area (Å²) in [5, 5.41) is 13.2. The number of para-hydroxylation sites is 1. The van der Waals surface area contributed by atoms with E-state index in [1.165, 1.54) is 0 Å². The van der Waals surface area contributed by atoms with Crippen LogP contribution in [0.15, 0.2) is 79.1 Å². The number of carbonyl (C=O) groups excluding carboxylic acids is 4. The van der Waals surface area contributed by atoms with Crippen LogP contribution in [0.1, 0.15) is 63.1 Å². The topological polar surface area (TPSA) is 147 Å². The zero-order chi connectivity index (χ0) is 30.6. The molecule has 5 aromatic rings. The van der Waals surface area contributed by atoms with Crippen LogP contribution in [0.5, 0.6) is 0 Å². The van der Waals surface area contributed by atoms with Gasteiger partial charge in [-0.1, -0.05) is 49.4 Å². The number of rotatable bonds is 9. The fourth-order valence-corrected chi connectivity index (χ4v) is 5.38. The van der Waals surface area contributed by atoms with E-state index in [-0.39, 0.29) is 29.6 Å². The first-order chi connectivity index (χ1) is 20.7. The van der Waals surface area contributed by atoms with Crippen molar-refractivity contribution in [3.63, 3.8) is 0 Å². The van der Waals surface area contributed by atoms with Crippen molar-refractivity contribution < 1.29 is 23.9 Å². The van der Waals surface area contributed by atoms with Gasteiger partial charge in [-0.3, -0.25) is 14.4 Å². The van der Waals surface area contributed by atoms with Crippen molar-refractivity contribution in [3.05, 3.63) is 101 Å². The van der Waals surface area contributed by atoms with Crippen molar-refractivity contribution in [2.24, 2.45) is 0 Å². The molecule has 0 saturated carbocycles. The molecule has 0 aliphatic heterocycles. The van der Waals surface area contributed by atoms with Crippen LogP contribution in [0.3, 0.4) is 0 Å². The van der Waals surface area contributed by atoms with Gasteiger partial charge in [0.1, 0.15) is 4.83 Å². The maximum Gasteiger partial charge on any atom is 0.436 e. The first-order valence-electron chi connectivity index (χ1n) is 13.6. The largest absolute Gasteiger partial charge is 0.448 e. The number of ether oxygens (including phenoxy) is 1. The fraction of sp³-hybridized carbons (Fsp3) is 0.194. The third-order valence-corrected chi connectivity index (χ3v) is 7.73. The highest BCUT2D eigenvalue weighted by Gasteiger charge is 2.28. The quantitative estimate of drug-likeness (QED) is 0.164. The van der Waals surface area contributed by atoms with E-state index in [1.54, 1.807) is 48.8 Å². The van der Waals surface area contributed by atoms with Gasteiger partial charge < -0.3 is 25.7 Å². The molecule has 0 saturated heterocycles. The number of H-pyrrole nitrogens is 1. The van der Waals surface area contributed by atoms with Crippen molar-refractivity contribution in [1.82, 2.24) is 20.1 Å². The van der Waals surface area contributed by atoms with Crippen molar-refractivity contribution >= 4 is 56.9 Å². The molecule has 5 rings (SSSR count). The molecule has 12 heteroatoms. The summed E-state index contributed by atoms with van der Waals surface area (Å²) in [5.74, 6) is -1.24. The number of hydrogen-bond acceptors (Lipinski definition) is 7. The van der Waals surface area contributed by atoms with Gasteiger partial charge in [0.2, 0.25) is 0 Å². The van der Waals surface area contributed by atoms with Gasteiger partial charge >= 0.3 is 6.09 Å². The zero-order valence-electron chi connectivity index (χ0n) is 23.8. The third kappa shape index (κ3) is 6.33. The highest BCUT2D eigenvalue weighted by atomic mass is 32.1. The molecule has 0 fully saturated rings. The molecule has 0 bridgehead atoms.